The van der Waals surface area contributed by atoms with Gasteiger partial charge in [-0.15, -0.1) is 0 Å². The van der Waals surface area contributed by atoms with Crippen molar-refractivity contribution in [2.24, 2.45) is 5.92 Å². The second-order valence-electron chi connectivity index (χ2n) is 4.32. The van der Waals surface area contributed by atoms with Crippen LogP contribution in [0.5, 0.6) is 0 Å². The van der Waals surface area contributed by atoms with Gasteiger partial charge in [-0.3, -0.25) is 0 Å². The van der Waals surface area contributed by atoms with Crippen molar-refractivity contribution in [2.45, 2.75) is 12.3 Å². The van der Waals surface area contributed by atoms with Crippen LogP contribution in [0.4, 0.5) is 4.39 Å². The van der Waals surface area contributed by atoms with Crippen LogP contribution in [0.3, 0.4) is 0 Å². The minimum atomic E-state index is -3.01. The maximum atomic E-state index is 13.1. The van der Waals surface area contributed by atoms with Crippen LogP contribution in [0, 0.1) is 23.1 Å². The lowest BCUT2D eigenvalue weighted by molar-refractivity contribution is 0.537. The second kappa shape index (κ2) is 4.46. The highest BCUT2D eigenvalue weighted by atomic mass is 32.2. The molecule has 0 aromatic heterocycles. The summed E-state index contributed by atoms with van der Waals surface area (Å²) in [4.78, 5) is 0. The monoisotopic (exact) mass is 253 g/mol. The zero-order chi connectivity index (χ0) is 12.5. The average Bonchev–Trinajstić information content (AvgIpc) is 2.60. The quantitative estimate of drug-likeness (QED) is 0.808. The summed E-state index contributed by atoms with van der Waals surface area (Å²) in [6.07, 6.45) is 0.483. The Hall–Kier alpha value is -1.41. The highest BCUT2D eigenvalue weighted by Gasteiger charge is 2.34. The van der Waals surface area contributed by atoms with Crippen LogP contribution in [-0.2, 0) is 9.84 Å². The molecule has 17 heavy (non-hydrogen) atoms. The molecule has 1 aromatic carbocycles. The Kier molecular flexibility index (Phi) is 3.16. The van der Waals surface area contributed by atoms with Crippen molar-refractivity contribution in [2.75, 3.05) is 11.5 Å². The highest BCUT2D eigenvalue weighted by molar-refractivity contribution is 7.91. The van der Waals surface area contributed by atoms with Gasteiger partial charge in [0.15, 0.2) is 9.84 Å². The van der Waals surface area contributed by atoms with Crippen LogP contribution in [0.25, 0.3) is 0 Å². The standard InChI is InChI=1S/C12H12FNO2S/c13-11-3-1-2-9(6-11)12(7-14)10-4-5-17(15,16)8-10/h1-3,6,10,12H,4-5,8H2. The lowest BCUT2D eigenvalue weighted by Gasteiger charge is -2.15. The molecular weight excluding hydrogens is 241 g/mol. The molecule has 1 aromatic rings. The minimum Gasteiger partial charge on any atom is -0.229 e. The van der Waals surface area contributed by atoms with E-state index in [1.807, 2.05) is 0 Å². The Balaban J connectivity index is 2.27. The van der Waals surface area contributed by atoms with Gasteiger partial charge in [-0.25, -0.2) is 12.8 Å². The number of hydrogen-bond donors (Lipinski definition) is 0. The Morgan fingerprint density at radius 2 is 2.24 bits per heavy atom. The van der Waals surface area contributed by atoms with Gasteiger partial charge >= 0.3 is 0 Å². The molecule has 1 saturated heterocycles. The van der Waals surface area contributed by atoms with Crippen molar-refractivity contribution < 1.29 is 12.8 Å². The van der Waals surface area contributed by atoms with E-state index < -0.39 is 21.6 Å². The van der Waals surface area contributed by atoms with Gasteiger partial charge in [-0.1, -0.05) is 12.1 Å². The molecule has 0 amide bonds. The van der Waals surface area contributed by atoms with Crippen molar-refractivity contribution in [3.8, 4) is 6.07 Å². The predicted octanol–water partition coefficient (Wildman–Crippen LogP) is 1.87. The van der Waals surface area contributed by atoms with Crippen molar-refractivity contribution in [3.05, 3.63) is 35.6 Å². The predicted molar refractivity (Wildman–Crippen MR) is 61.5 cm³/mol. The molecule has 0 bridgehead atoms. The average molecular weight is 253 g/mol. The number of nitriles is 1. The fourth-order valence-electron chi connectivity index (χ4n) is 2.24. The summed E-state index contributed by atoms with van der Waals surface area (Å²) in [6.45, 7) is 0. The molecule has 1 aliphatic heterocycles. The summed E-state index contributed by atoms with van der Waals surface area (Å²) >= 11 is 0. The molecule has 0 radical (unpaired) electrons. The first kappa shape index (κ1) is 12.1. The molecule has 0 saturated carbocycles. The fourth-order valence-corrected chi connectivity index (χ4v) is 4.08. The van der Waals surface area contributed by atoms with E-state index in [1.165, 1.54) is 12.1 Å². The van der Waals surface area contributed by atoms with Crippen molar-refractivity contribution in [1.82, 2.24) is 0 Å². The molecule has 1 heterocycles. The highest BCUT2D eigenvalue weighted by Crippen LogP contribution is 2.32. The van der Waals surface area contributed by atoms with Gasteiger partial charge in [0.05, 0.1) is 23.5 Å². The molecule has 3 nitrogen and oxygen atoms in total. The van der Waals surface area contributed by atoms with E-state index in [0.717, 1.165) is 0 Å². The first-order chi connectivity index (χ1) is 8.02. The van der Waals surface area contributed by atoms with E-state index in [4.69, 9.17) is 5.26 Å². The van der Waals surface area contributed by atoms with E-state index in [0.29, 0.717) is 12.0 Å². The van der Waals surface area contributed by atoms with E-state index >= 15 is 0 Å². The largest absolute Gasteiger partial charge is 0.229 e. The van der Waals surface area contributed by atoms with E-state index in [-0.39, 0.29) is 17.4 Å². The van der Waals surface area contributed by atoms with Gasteiger partial charge in [0, 0.05) is 0 Å². The summed E-state index contributed by atoms with van der Waals surface area (Å²) in [7, 11) is -3.01. The summed E-state index contributed by atoms with van der Waals surface area (Å²) < 4.78 is 35.8. The van der Waals surface area contributed by atoms with Crippen LogP contribution in [-0.4, -0.2) is 19.9 Å². The number of halogens is 1. The van der Waals surface area contributed by atoms with Crippen LogP contribution in [0.2, 0.25) is 0 Å². The maximum Gasteiger partial charge on any atom is 0.150 e. The summed E-state index contributed by atoms with van der Waals surface area (Å²) in [6, 6.07) is 7.92. The van der Waals surface area contributed by atoms with Gasteiger partial charge in [0.2, 0.25) is 0 Å². The number of sulfone groups is 1. The SMILES string of the molecule is N#CC(c1cccc(F)c1)C1CCS(=O)(=O)C1. The van der Waals surface area contributed by atoms with Crippen LogP contribution < -0.4 is 0 Å². The van der Waals surface area contributed by atoms with E-state index in [9.17, 15) is 12.8 Å². The number of nitrogens with zero attached hydrogens (tertiary/aromatic N) is 1. The number of hydrogen-bond acceptors (Lipinski definition) is 3. The fraction of sp³-hybridized carbons (Fsp3) is 0.417. The van der Waals surface area contributed by atoms with Crippen molar-refractivity contribution in [1.29, 1.82) is 5.26 Å². The van der Waals surface area contributed by atoms with E-state index in [1.54, 1.807) is 12.1 Å². The molecule has 2 unspecified atom stereocenters. The molecule has 0 spiro atoms. The van der Waals surface area contributed by atoms with E-state index in [2.05, 4.69) is 6.07 Å². The Morgan fingerprint density at radius 1 is 1.47 bits per heavy atom. The normalized spacial score (nSPS) is 24.1. The van der Waals surface area contributed by atoms with Crippen LogP contribution >= 0.6 is 0 Å². The lowest BCUT2D eigenvalue weighted by Crippen LogP contribution is -2.13. The molecule has 0 aliphatic carbocycles. The van der Waals surface area contributed by atoms with Gasteiger partial charge < -0.3 is 0 Å². The lowest BCUT2D eigenvalue weighted by atomic mass is 9.87. The molecule has 1 aliphatic rings. The third-order valence-corrected chi connectivity index (χ3v) is 4.88. The molecule has 90 valence electrons. The molecule has 2 atom stereocenters. The third kappa shape index (κ3) is 2.64. The van der Waals surface area contributed by atoms with Gasteiger partial charge in [-0.2, -0.15) is 5.26 Å². The minimum absolute atomic E-state index is 0.0295. The van der Waals surface area contributed by atoms with Gasteiger partial charge in [0.25, 0.3) is 0 Å². The molecule has 0 N–H and O–H groups in total. The first-order valence-electron chi connectivity index (χ1n) is 5.37. The van der Waals surface area contributed by atoms with Crippen molar-refractivity contribution >= 4 is 9.84 Å². The Bertz CT molecular complexity index is 562. The maximum absolute atomic E-state index is 13.1. The van der Waals surface area contributed by atoms with Crippen LogP contribution in [0.1, 0.15) is 17.9 Å². The second-order valence-corrected chi connectivity index (χ2v) is 6.55. The van der Waals surface area contributed by atoms with Gasteiger partial charge in [-0.05, 0) is 30.0 Å². The topological polar surface area (TPSA) is 57.9 Å². The van der Waals surface area contributed by atoms with Crippen LogP contribution in [0.15, 0.2) is 24.3 Å². The summed E-state index contributed by atoms with van der Waals surface area (Å²) in [5, 5.41) is 9.13. The third-order valence-electron chi connectivity index (χ3n) is 3.09. The smallest absolute Gasteiger partial charge is 0.150 e. The van der Waals surface area contributed by atoms with Crippen molar-refractivity contribution in [3.63, 3.8) is 0 Å². The Morgan fingerprint density at radius 3 is 2.76 bits per heavy atom. The summed E-state index contributed by atoms with van der Waals surface area (Å²) in [5.41, 5.74) is 0.564. The molecular formula is C12H12FNO2S. The first-order valence-corrected chi connectivity index (χ1v) is 7.19. The number of rotatable bonds is 2. The zero-order valence-electron chi connectivity index (χ0n) is 9.14. The molecule has 1 fully saturated rings. The number of benzene rings is 1. The molecule has 5 heteroatoms. The zero-order valence-corrected chi connectivity index (χ0v) is 9.95. The summed E-state index contributed by atoms with van der Waals surface area (Å²) in [5.74, 6) is -0.995. The molecule has 2 rings (SSSR count). The Labute approximate surface area is 99.8 Å². The van der Waals surface area contributed by atoms with Gasteiger partial charge in [0.1, 0.15) is 5.82 Å².